The van der Waals surface area contributed by atoms with Gasteiger partial charge in [0, 0.05) is 18.2 Å². The highest BCUT2D eigenvalue weighted by Gasteiger charge is 2.29. The standard InChI is InChI=1S/C24H25N3O7S/c1-17-4-13-22(14-23(17)27(29)30)35(31,32)26(19-7-11-21(34-3)12-8-19)16-24(28)25-15-18-5-9-20(33-2)10-6-18/h4-14H,15-16H2,1-3H3,(H,25,28). The summed E-state index contributed by atoms with van der Waals surface area (Å²) >= 11 is 0. The van der Waals surface area contributed by atoms with Crippen molar-refractivity contribution in [2.75, 3.05) is 25.1 Å². The van der Waals surface area contributed by atoms with Gasteiger partial charge in [-0.2, -0.15) is 0 Å². The smallest absolute Gasteiger partial charge is 0.273 e. The highest BCUT2D eigenvalue weighted by Crippen LogP contribution is 2.29. The van der Waals surface area contributed by atoms with E-state index in [9.17, 15) is 23.3 Å². The van der Waals surface area contributed by atoms with E-state index < -0.39 is 27.4 Å². The molecule has 0 aromatic heterocycles. The summed E-state index contributed by atoms with van der Waals surface area (Å²) in [5.41, 5.74) is 0.993. The molecule has 0 radical (unpaired) electrons. The topological polar surface area (TPSA) is 128 Å². The third-order valence-electron chi connectivity index (χ3n) is 5.26. The number of carbonyl (C=O) groups excluding carboxylic acids is 1. The zero-order chi connectivity index (χ0) is 25.6. The number of nitro groups is 1. The number of nitro benzene ring substituents is 1. The maximum Gasteiger partial charge on any atom is 0.273 e. The summed E-state index contributed by atoms with van der Waals surface area (Å²) in [6.45, 7) is 1.16. The minimum Gasteiger partial charge on any atom is -0.497 e. The summed E-state index contributed by atoms with van der Waals surface area (Å²) in [5, 5.41) is 14.1. The summed E-state index contributed by atoms with van der Waals surface area (Å²) in [4.78, 5) is 23.2. The molecule has 3 aromatic carbocycles. The monoisotopic (exact) mass is 499 g/mol. The number of sulfonamides is 1. The first-order chi connectivity index (χ1) is 16.6. The van der Waals surface area contributed by atoms with Crippen molar-refractivity contribution in [1.29, 1.82) is 0 Å². The Kier molecular flexibility index (Phi) is 7.92. The van der Waals surface area contributed by atoms with Crippen LogP contribution in [0.5, 0.6) is 11.5 Å². The normalized spacial score (nSPS) is 10.9. The molecular formula is C24H25N3O7S. The number of hydrogen-bond donors (Lipinski definition) is 1. The maximum absolute atomic E-state index is 13.5. The molecule has 0 fully saturated rings. The Morgan fingerprint density at radius 3 is 2.09 bits per heavy atom. The second-order valence-electron chi connectivity index (χ2n) is 7.54. The van der Waals surface area contributed by atoms with Gasteiger partial charge in [-0.3, -0.25) is 19.2 Å². The minimum atomic E-state index is -4.32. The van der Waals surface area contributed by atoms with E-state index >= 15 is 0 Å². The van der Waals surface area contributed by atoms with Gasteiger partial charge in [0.05, 0.1) is 29.7 Å². The molecule has 1 amide bonds. The molecule has 0 unspecified atom stereocenters. The van der Waals surface area contributed by atoms with Crippen molar-refractivity contribution in [1.82, 2.24) is 5.32 Å². The average Bonchev–Trinajstić information content (AvgIpc) is 2.86. The van der Waals surface area contributed by atoms with Crippen molar-refractivity contribution in [3.05, 3.63) is 88.0 Å². The largest absolute Gasteiger partial charge is 0.497 e. The van der Waals surface area contributed by atoms with Crippen molar-refractivity contribution < 1.29 is 27.6 Å². The molecule has 0 aliphatic rings. The molecule has 0 saturated heterocycles. The van der Waals surface area contributed by atoms with Crippen LogP contribution in [-0.4, -0.2) is 40.0 Å². The van der Waals surface area contributed by atoms with Gasteiger partial charge in [0.15, 0.2) is 0 Å². The summed E-state index contributed by atoms with van der Waals surface area (Å²) in [6, 6.07) is 16.8. The summed E-state index contributed by atoms with van der Waals surface area (Å²) < 4.78 is 38.2. The zero-order valence-electron chi connectivity index (χ0n) is 19.4. The number of carbonyl (C=O) groups is 1. The second kappa shape index (κ2) is 10.9. The molecule has 0 saturated carbocycles. The molecule has 184 valence electrons. The number of amides is 1. The molecule has 0 aliphatic heterocycles. The van der Waals surface area contributed by atoms with E-state index in [0.717, 1.165) is 15.9 Å². The van der Waals surface area contributed by atoms with E-state index in [-0.39, 0.29) is 22.8 Å². The predicted molar refractivity (Wildman–Crippen MR) is 130 cm³/mol. The Bertz CT molecular complexity index is 1310. The van der Waals surface area contributed by atoms with Gasteiger partial charge in [0.2, 0.25) is 5.91 Å². The molecule has 10 nitrogen and oxygen atoms in total. The van der Waals surface area contributed by atoms with Crippen LogP contribution in [-0.2, 0) is 21.4 Å². The van der Waals surface area contributed by atoms with Crippen molar-refractivity contribution >= 4 is 27.3 Å². The SMILES string of the molecule is COc1ccc(CNC(=O)CN(c2ccc(OC)cc2)S(=O)(=O)c2ccc(C)c([N+](=O)[O-])c2)cc1. The first kappa shape index (κ1) is 25.5. The Morgan fingerprint density at radius 2 is 1.54 bits per heavy atom. The Labute approximate surface area is 203 Å². The van der Waals surface area contributed by atoms with Crippen LogP contribution >= 0.6 is 0 Å². The fraction of sp³-hybridized carbons (Fsp3) is 0.208. The van der Waals surface area contributed by atoms with E-state index in [0.29, 0.717) is 17.1 Å². The van der Waals surface area contributed by atoms with Crippen LogP contribution < -0.4 is 19.1 Å². The van der Waals surface area contributed by atoms with Crippen molar-refractivity contribution in [3.63, 3.8) is 0 Å². The van der Waals surface area contributed by atoms with E-state index in [4.69, 9.17) is 9.47 Å². The number of hydrogen-bond acceptors (Lipinski definition) is 7. The summed E-state index contributed by atoms with van der Waals surface area (Å²) in [6.07, 6.45) is 0. The third kappa shape index (κ3) is 6.07. The zero-order valence-corrected chi connectivity index (χ0v) is 20.2. The van der Waals surface area contributed by atoms with Crippen LogP contribution in [0.15, 0.2) is 71.6 Å². The molecule has 11 heteroatoms. The molecule has 0 heterocycles. The number of anilines is 1. The van der Waals surface area contributed by atoms with Crippen LogP contribution in [0, 0.1) is 17.0 Å². The third-order valence-corrected chi connectivity index (χ3v) is 7.03. The maximum atomic E-state index is 13.5. The van der Waals surface area contributed by atoms with Crippen molar-refractivity contribution in [3.8, 4) is 11.5 Å². The Morgan fingerprint density at radius 1 is 0.971 bits per heavy atom. The van der Waals surface area contributed by atoms with Crippen LogP contribution in [0.1, 0.15) is 11.1 Å². The van der Waals surface area contributed by atoms with Gasteiger partial charge >= 0.3 is 0 Å². The molecular weight excluding hydrogens is 474 g/mol. The minimum absolute atomic E-state index is 0.176. The van der Waals surface area contributed by atoms with E-state index in [1.165, 1.54) is 38.3 Å². The lowest BCUT2D eigenvalue weighted by Crippen LogP contribution is -2.40. The Hall–Kier alpha value is -4.12. The van der Waals surface area contributed by atoms with Crippen molar-refractivity contribution in [2.45, 2.75) is 18.4 Å². The number of aryl methyl sites for hydroxylation is 1. The lowest BCUT2D eigenvalue weighted by atomic mass is 10.2. The summed E-state index contributed by atoms with van der Waals surface area (Å²) in [5.74, 6) is 0.617. The molecule has 35 heavy (non-hydrogen) atoms. The van der Waals surface area contributed by atoms with Gasteiger partial charge in [-0.15, -0.1) is 0 Å². The molecule has 3 rings (SSSR count). The average molecular weight is 500 g/mol. The van der Waals surface area contributed by atoms with Gasteiger partial charge in [0.1, 0.15) is 18.0 Å². The molecule has 3 aromatic rings. The van der Waals surface area contributed by atoms with Gasteiger partial charge < -0.3 is 14.8 Å². The van der Waals surface area contributed by atoms with Crippen LogP contribution in [0.3, 0.4) is 0 Å². The first-order valence-corrected chi connectivity index (χ1v) is 11.9. The van der Waals surface area contributed by atoms with Crippen LogP contribution in [0.4, 0.5) is 11.4 Å². The van der Waals surface area contributed by atoms with E-state index in [1.54, 1.807) is 43.5 Å². The number of nitrogens with one attached hydrogen (secondary N) is 1. The molecule has 0 aliphatic carbocycles. The summed E-state index contributed by atoms with van der Waals surface area (Å²) in [7, 11) is -1.30. The highest BCUT2D eigenvalue weighted by molar-refractivity contribution is 7.92. The number of nitrogens with zero attached hydrogens (tertiary/aromatic N) is 2. The van der Waals surface area contributed by atoms with Gasteiger partial charge in [-0.1, -0.05) is 18.2 Å². The van der Waals surface area contributed by atoms with Crippen LogP contribution in [0.2, 0.25) is 0 Å². The van der Waals surface area contributed by atoms with Gasteiger partial charge in [-0.05, 0) is 55.0 Å². The molecule has 1 N–H and O–H groups in total. The number of rotatable bonds is 10. The lowest BCUT2D eigenvalue weighted by molar-refractivity contribution is -0.385. The van der Waals surface area contributed by atoms with E-state index in [1.807, 2.05) is 0 Å². The fourth-order valence-corrected chi connectivity index (χ4v) is 4.71. The number of benzene rings is 3. The van der Waals surface area contributed by atoms with Gasteiger partial charge in [-0.25, -0.2) is 8.42 Å². The van der Waals surface area contributed by atoms with Crippen LogP contribution in [0.25, 0.3) is 0 Å². The first-order valence-electron chi connectivity index (χ1n) is 10.5. The predicted octanol–water partition coefficient (Wildman–Crippen LogP) is 3.43. The second-order valence-corrected chi connectivity index (χ2v) is 9.40. The quantitative estimate of drug-likeness (QED) is 0.334. The van der Waals surface area contributed by atoms with Gasteiger partial charge in [0.25, 0.3) is 15.7 Å². The van der Waals surface area contributed by atoms with Crippen molar-refractivity contribution in [2.24, 2.45) is 0 Å². The lowest BCUT2D eigenvalue weighted by Gasteiger charge is -2.24. The highest BCUT2D eigenvalue weighted by atomic mass is 32.2. The Balaban J connectivity index is 1.90. The number of methoxy groups -OCH3 is 2. The molecule has 0 bridgehead atoms. The number of ether oxygens (including phenoxy) is 2. The molecule has 0 spiro atoms. The molecule has 0 atom stereocenters. The van der Waals surface area contributed by atoms with E-state index in [2.05, 4.69) is 5.32 Å². The fourth-order valence-electron chi connectivity index (χ4n) is 3.27.